The van der Waals surface area contributed by atoms with Crippen molar-refractivity contribution in [2.24, 2.45) is 0 Å². The van der Waals surface area contributed by atoms with Crippen LogP contribution in [0.3, 0.4) is 0 Å². The van der Waals surface area contributed by atoms with Crippen molar-refractivity contribution in [3.05, 3.63) is 45.4 Å². The summed E-state index contributed by atoms with van der Waals surface area (Å²) in [5, 5.41) is 4.45. The molecular weight excluding hydrogens is 334 g/mol. The first-order valence-corrected chi connectivity index (χ1v) is 9.43. The van der Waals surface area contributed by atoms with Gasteiger partial charge in [0.1, 0.15) is 0 Å². The van der Waals surface area contributed by atoms with Crippen molar-refractivity contribution in [1.29, 1.82) is 0 Å². The lowest BCUT2D eigenvalue weighted by Crippen LogP contribution is -2.37. The van der Waals surface area contributed by atoms with Crippen molar-refractivity contribution in [1.82, 2.24) is 15.0 Å². The zero-order valence-corrected chi connectivity index (χ0v) is 14.8. The summed E-state index contributed by atoms with van der Waals surface area (Å²) in [4.78, 5) is 16.1. The van der Waals surface area contributed by atoms with Gasteiger partial charge in [-0.05, 0) is 31.9 Å². The Labute approximate surface area is 140 Å². The molecule has 0 aliphatic carbocycles. The standard InChI is InChI=1S/C15H19N3O3S2/c1-10-4-11(2)15(12(3)5-10)23(20,21)18-7-14(19)16-6-13-8-22-9-17-13/h4-5,8-9,18H,6-7H2,1-3H3,(H,16,19). The number of aryl methyl sites for hydroxylation is 3. The van der Waals surface area contributed by atoms with Crippen LogP contribution >= 0.6 is 11.3 Å². The van der Waals surface area contributed by atoms with Gasteiger partial charge in [0, 0.05) is 5.38 Å². The third-order valence-electron chi connectivity index (χ3n) is 3.25. The summed E-state index contributed by atoms with van der Waals surface area (Å²) < 4.78 is 27.2. The van der Waals surface area contributed by atoms with Crippen LogP contribution in [0.25, 0.3) is 0 Å². The maximum atomic E-state index is 12.4. The van der Waals surface area contributed by atoms with E-state index in [0.29, 0.717) is 11.1 Å². The molecule has 2 N–H and O–H groups in total. The van der Waals surface area contributed by atoms with Gasteiger partial charge in [0.25, 0.3) is 0 Å². The Bertz CT molecular complexity index is 776. The summed E-state index contributed by atoms with van der Waals surface area (Å²) in [5.74, 6) is -0.399. The number of benzene rings is 1. The van der Waals surface area contributed by atoms with Crippen molar-refractivity contribution in [2.45, 2.75) is 32.2 Å². The fourth-order valence-corrected chi connectivity index (χ4v) is 4.39. The molecule has 0 atom stereocenters. The van der Waals surface area contributed by atoms with Gasteiger partial charge in [0.2, 0.25) is 15.9 Å². The van der Waals surface area contributed by atoms with E-state index in [4.69, 9.17) is 0 Å². The molecule has 23 heavy (non-hydrogen) atoms. The number of carbonyl (C=O) groups is 1. The molecule has 2 rings (SSSR count). The van der Waals surface area contributed by atoms with Crippen LogP contribution in [0.2, 0.25) is 0 Å². The SMILES string of the molecule is Cc1cc(C)c(S(=O)(=O)NCC(=O)NCc2cscn2)c(C)c1. The molecule has 0 aliphatic rings. The average Bonchev–Trinajstić information content (AvgIpc) is 2.94. The number of nitrogens with one attached hydrogen (secondary N) is 2. The van der Waals surface area contributed by atoms with Crippen LogP contribution in [0.15, 0.2) is 27.9 Å². The molecule has 1 heterocycles. The molecule has 8 heteroatoms. The minimum atomic E-state index is -3.73. The number of hydrogen-bond acceptors (Lipinski definition) is 5. The Morgan fingerprint density at radius 1 is 1.22 bits per heavy atom. The highest BCUT2D eigenvalue weighted by Crippen LogP contribution is 2.21. The molecular formula is C15H19N3O3S2. The number of thiazole rings is 1. The van der Waals surface area contributed by atoms with Crippen molar-refractivity contribution >= 4 is 27.3 Å². The predicted molar refractivity (Wildman–Crippen MR) is 89.8 cm³/mol. The molecule has 0 saturated carbocycles. The number of rotatable bonds is 6. The predicted octanol–water partition coefficient (Wildman–Crippen LogP) is 1.66. The third kappa shape index (κ3) is 4.60. The first-order chi connectivity index (χ1) is 10.8. The summed E-state index contributed by atoms with van der Waals surface area (Å²) in [6.45, 7) is 5.38. The summed E-state index contributed by atoms with van der Waals surface area (Å²) in [7, 11) is -3.73. The topological polar surface area (TPSA) is 88.2 Å². The lowest BCUT2D eigenvalue weighted by Gasteiger charge is -2.13. The second-order valence-electron chi connectivity index (χ2n) is 5.31. The van der Waals surface area contributed by atoms with E-state index in [0.717, 1.165) is 11.3 Å². The molecule has 2 aromatic rings. The number of amides is 1. The molecule has 0 aliphatic heterocycles. The van der Waals surface area contributed by atoms with Gasteiger partial charge in [0.15, 0.2) is 0 Å². The van der Waals surface area contributed by atoms with E-state index in [1.165, 1.54) is 11.3 Å². The first kappa shape index (κ1) is 17.6. The number of nitrogens with zero attached hydrogens (tertiary/aromatic N) is 1. The minimum Gasteiger partial charge on any atom is -0.349 e. The largest absolute Gasteiger partial charge is 0.349 e. The third-order valence-corrected chi connectivity index (χ3v) is 5.59. The Kier molecular flexibility index (Phi) is 5.51. The van der Waals surface area contributed by atoms with Crippen LogP contribution in [0.1, 0.15) is 22.4 Å². The molecule has 0 saturated heterocycles. The highest BCUT2D eigenvalue weighted by molar-refractivity contribution is 7.89. The van der Waals surface area contributed by atoms with E-state index in [-0.39, 0.29) is 18.0 Å². The van der Waals surface area contributed by atoms with Crippen molar-refractivity contribution < 1.29 is 13.2 Å². The van der Waals surface area contributed by atoms with Gasteiger partial charge in [0.05, 0.1) is 29.2 Å². The number of sulfonamides is 1. The first-order valence-electron chi connectivity index (χ1n) is 7.01. The zero-order chi connectivity index (χ0) is 17.0. The van der Waals surface area contributed by atoms with Crippen LogP contribution in [0.4, 0.5) is 0 Å². The molecule has 124 valence electrons. The molecule has 1 aromatic carbocycles. The Hall–Kier alpha value is -1.77. The van der Waals surface area contributed by atoms with Crippen molar-refractivity contribution in [2.75, 3.05) is 6.54 Å². The van der Waals surface area contributed by atoms with E-state index in [1.54, 1.807) is 19.4 Å². The second kappa shape index (κ2) is 7.20. The van der Waals surface area contributed by atoms with E-state index < -0.39 is 15.9 Å². The van der Waals surface area contributed by atoms with Gasteiger partial charge in [-0.2, -0.15) is 0 Å². The molecule has 6 nitrogen and oxygen atoms in total. The van der Waals surface area contributed by atoms with Gasteiger partial charge in [-0.1, -0.05) is 17.7 Å². The Balaban J connectivity index is 2.00. The van der Waals surface area contributed by atoms with Gasteiger partial charge in [-0.15, -0.1) is 11.3 Å². The summed E-state index contributed by atoms with van der Waals surface area (Å²) >= 11 is 1.44. The molecule has 0 unspecified atom stereocenters. The maximum Gasteiger partial charge on any atom is 0.241 e. The molecule has 0 radical (unpaired) electrons. The fourth-order valence-electron chi connectivity index (χ4n) is 2.40. The monoisotopic (exact) mass is 353 g/mol. The lowest BCUT2D eigenvalue weighted by atomic mass is 10.1. The highest BCUT2D eigenvalue weighted by Gasteiger charge is 2.20. The summed E-state index contributed by atoms with van der Waals surface area (Å²) in [5.41, 5.74) is 4.75. The zero-order valence-electron chi connectivity index (χ0n) is 13.2. The normalized spacial score (nSPS) is 11.4. The minimum absolute atomic E-state index is 0.232. The van der Waals surface area contributed by atoms with Crippen molar-refractivity contribution in [3.8, 4) is 0 Å². The molecule has 0 bridgehead atoms. The maximum absolute atomic E-state index is 12.4. The highest BCUT2D eigenvalue weighted by atomic mass is 32.2. The molecule has 1 amide bonds. The van der Waals surface area contributed by atoms with E-state index in [2.05, 4.69) is 15.0 Å². The van der Waals surface area contributed by atoms with Gasteiger partial charge >= 0.3 is 0 Å². The smallest absolute Gasteiger partial charge is 0.241 e. The average molecular weight is 353 g/mol. The fraction of sp³-hybridized carbons (Fsp3) is 0.333. The van der Waals surface area contributed by atoms with Crippen LogP contribution in [0.5, 0.6) is 0 Å². The van der Waals surface area contributed by atoms with Crippen LogP contribution < -0.4 is 10.0 Å². The molecule has 1 aromatic heterocycles. The van der Waals surface area contributed by atoms with E-state index >= 15 is 0 Å². The Morgan fingerprint density at radius 3 is 2.43 bits per heavy atom. The summed E-state index contributed by atoms with van der Waals surface area (Å²) in [6, 6.07) is 3.62. The van der Waals surface area contributed by atoms with Gasteiger partial charge in [-0.3, -0.25) is 4.79 Å². The van der Waals surface area contributed by atoms with Gasteiger partial charge < -0.3 is 5.32 Å². The number of hydrogen-bond donors (Lipinski definition) is 2. The van der Waals surface area contributed by atoms with Crippen LogP contribution in [0, 0.1) is 20.8 Å². The van der Waals surface area contributed by atoms with Gasteiger partial charge in [-0.25, -0.2) is 18.1 Å². The van der Waals surface area contributed by atoms with E-state index in [1.807, 2.05) is 24.4 Å². The quantitative estimate of drug-likeness (QED) is 0.827. The second-order valence-corrected chi connectivity index (χ2v) is 7.73. The number of carbonyl (C=O) groups excluding carboxylic acids is 1. The summed E-state index contributed by atoms with van der Waals surface area (Å²) in [6.07, 6.45) is 0. The van der Waals surface area contributed by atoms with Crippen LogP contribution in [-0.4, -0.2) is 25.9 Å². The Morgan fingerprint density at radius 2 is 1.87 bits per heavy atom. The number of aromatic nitrogens is 1. The van der Waals surface area contributed by atoms with Crippen LogP contribution in [-0.2, 0) is 21.4 Å². The van der Waals surface area contributed by atoms with E-state index in [9.17, 15) is 13.2 Å². The lowest BCUT2D eigenvalue weighted by molar-refractivity contribution is -0.120. The molecule has 0 spiro atoms. The van der Waals surface area contributed by atoms with Crippen molar-refractivity contribution in [3.63, 3.8) is 0 Å². The molecule has 0 fully saturated rings.